The molecule has 0 unspecified atom stereocenters. The maximum Gasteiger partial charge on any atom is 0.180 e. The highest BCUT2D eigenvalue weighted by molar-refractivity contribution is 6.31. The standard InChI is InChI=1S/C12H16ClNO2/c1-15-10-7-6-9(11(13)8-10)4-3-5-12(14)16-2/h6-8,14H,3-5H2,1-2H3. The van der Waals surface area contributed by atoms with Crippen LogP contribution >= 0.6 is 11.6 Å². The van der Waals surface area contributed by atoms with Gasteiger partial charge in [0.2, 0.25) is 0 Å². The predicted octanol–water partition coefficient (Wildman–Crippen LogP) is 3.29. The number of hydrogen-bond donors (Lipinski definition) is 1. The van der Waals surface area contributed by atoms with E-state index in [1.54, 1.807) is 13.2 Å². The molecule has 88 valence electrons. The minimum Gasteiger partial charge on any atom is -0.497 e. The van der Waals surface area contributed by atoms with Gasteiger partial charge in [0.1, 0.15) is 5.75 Å². The average molecular weight is 242 g/mol. The zero-order valence-corrected chi connectivity index (χ0v) is 10.3. The number of rotatable bonds is 5. The lowest BCUT2D eigenvalue weighted by Crippen LogP contribution is -1.99. The smallest absolute Gasteiger partial charge is 0.180 e. The summed E-state index contributed by atoms with van der Waals surface area (Å²) in [5.41, 5.74) is 1.08. The minimum atomic E-state index is 0.310. The van der Waals surface area contributed by atoms with Crippen LogP contribution in [0.2, 0.25) is 5.02 Å². The Labute approximate surface area is 101 Å². The maximum absolute atomic E-state index is 7.35. The fraction of sp³-hybridized carbons (Fsp3) is 0.417. The molecule has 1 rings (SSSR count). The van der Waals surface area contributed by atoms with Crippen LogP contribution in [-0.2, 0) is 11.2 Å². The first-order valence-corrected chi connectivity index (χ1v) is 5.49. The molecular weight excluding hydrogens is 226 g/mol. The molecule has 0 aliphatic rings. The molecule has 0 spiro atoms. The van der Waals surface area contributed by atoms with E-state index in [1.165, 1.54) is 7.11 Å². The Morgan fingerprint density at radius 1 is 1.38 bits per heavy atom. The van der Waals surface area contributed by atoms with Crippen molar-refractivity contribution in [3.63, 3.8) is 0 Å². The first-order chi connectivity index (χ1) is 7.67. The number of aryl methyl sites for hydroxylation is 1. The summed E-state index contributed by atoms with van der Waals surface area (Å²) in [6.45, 7) is 0. The Balaban J connectivity index is 2.51. The largest absolute Gasteiger partial charge is 0.497 e. The second-order valence-electron chi connectivity index (χ2n) is 3.44. The van der Waals surface area contributed by atoms with Gasteiger partial charge in [0.05, 0.1) is 14.2 Å². The number of halogens is 1. The molecule has 4 heteroatoms. The first-order valence-electron chi connectivity index (χ1n) is 5.11. The van der Waals surface area contributed by atoms with Crippen molar-refractivity contribution in [2.24, 2.45) is 0 Å². The van der Waals surface area contributed by atoms with Crippen LogP contribution in [-0.4, -0.2) is 20.1 Å². The van der Waals surface area contributed by atoms with Crippen LogP contribution in [0.5, 0.6) is 5.75 Å². The van der Waals surface area contributed by atoms with Gasteiger partial charge in [-0.05, 0) is 30.5 Å². The van der Waals surface area contributed by atoms with Crippen molar-refractivity contribution in [2.75, 3.05) is 14.2 Å². The van der Waals surface area contributed by atoms with E-state index in [0.29, 0.717) is 17.3 Å². The van der Waals surface area contributed by atoms with Crippen LogP contribution in [0.15, 0.2) is 18.2 Å². The molecule has 1 aromatic carbocycles. The van der Waals surface area contributed by atoms with Gasteiger partial charge in [0, 0.05) is 11.4 Å². The number of ether oxygens (including phenoxy) is 2. The lowest BCUT2D eigenvalue weighted by Gasteiger charge is -2.06. The Bertz CT molecular complexity index is 366. The molecule has 0 amide bonds. The SMILES string of the molecule is COC(=N)CCCc1ccc(OC)cc1Cl. The summed E-state index contributed by atoms with van der Waals surface area (Å²) in [6, 6.07) is 5.65. The molecule has 0 saturated heterocycles. The lowest BCUT2D eigenvalue weighted by atomic mass is 10.1. The van der Waals surface area contributed by atoms with E-state index in [2.05, 4.69) is 0 Å². The van der Waals surface area contributed by atoms with Crippen LogP contribution in [0.25, 0.3) is 0 Å². The van der Waals surface area contributed by atoms with E-state index in [4.69, 9.17) is 26.5 Å². The summed E-state index contributed by atoms with van der Waals surface area (Å²) in [7, 11) is 3.13. The van der Waals surface area contributed by atoms with Crippen molar-refractivity contribution in [3.05, 3.63) is 28.8 Å². The summed E-state index contributed by atoms with van der Waals surface area (Å²) in [6.07, 6.45) is 2.34. The molecule has 16 heavy (non-hydrogen) atoms. The summed E-state index contributed by atoms with van der Waals surface area (Å²) >= 11 is 6.09. The summed E-state index contributed by atoms with van der Waals surface area (Å²) in [5, 5.41) is 8.06. The van der Waals surface area contributed by atoms with Crippen LogP contribution < -0.4 is 4.74 Å². The lowest BCUT2D eigenvalue weighted by molar-refractivity contribution is 0.384. The van der Waals surface area contributed by atoms with Gasteiger partial charge in [-0.2, -0.15) is 0 Å². The molecular formula is C12H16ClNO2. The van der Waals surface area contributed by atoms with E-state index in [-0.39, 0.29) is 0 Å². The molecule has 0 aliphatic carbocycles. The quantitative estimate of drug-likeness (QED) is 0.635. The summed E-state index contributed by atoms with van der Waals surface area (Å²) in [5.74, 6) is 1.07. The van der Waals surface area contributed by atoms with Gasteiger partial charge >= 0.3 is 0 Å². The van der Waals surface area contributed by atoms with Crippen LogP contribution in [0, 0.1) is 5.41 Å². The van der Waals surface area contributed by atoms with Gasteiger partial charge in [-0.15, -0.1) is 0 Å². The number of hydrogen-bond acceptors (Lipinski definition) is 3. The van der Waals surface area contributed by atoms with Gasteiger partial charge in [0.25, 0.3) is 0 Å². The first kappa shape index (κ1) is 12.8. The van der Waals surface area contributed by atoms with Gasteiger partial charge < -0.3 is 9.47 Å². The van der Waals surface area contributed by atoms with Crippen molar-refractivity contribution < 1.29 is 9.47 Å². The van der Waals surface area contributed by atoms with E-state index < -0.39 is 0 Å². The number of nitrogens with one attached hydrogen (secondary N) is 1. The van der Waals surface area contributed by atoms with Crippen LogP contribution in [0.1, 0.15) is 18.4 Å². The highest BCUT2D eigenvalue weighted by atomic mass is 35.5. The normalized spacial score (nSPS) is 9.94. The van der Waals surface area contributed by atoms with Crippen molar-refractivity contribution in [1.82, 2.24) is 0 Å². The molecule has 0 heterocycles. The molecule has 3 nitrogen and oxygen atoms in total. The summed E-state index contributed by atoms with van der Waals surface area (Å²) < 4.78 is 9.86. The minimum absolute atomic E-state index is 0.310. The average Bonchev–Trinajstić information content (AvgIpc) is 2.30. The molecule has 0 bridgehead atoms. The molecule has 1 aromatic rings. The maximum atomic E-state index is 7.35. The fourth-order valence-corrected chi connectivity index (χ4v) is 1.66. The molecule has 0 fully saturated rings. The third-order valence-electron chi connectivity index (χ3n) is 2.36. The Morgan fingerprint density at radius 2 is 2.12 bits per heavy atom. The van der Waals surface area contributed by atoms with Crippen LogP contribution in [0.4, 0.5) is 0 Å². The van der Waals surface area contributed by atoms with Crippen molar-refractivity contribution in [1.29, 1.82) is 5.41 Å². The van der Waals surface area contributed by atoms with E-state index >= 15 is 0 Å². The van der Waals surface area contributed by atoms with E-state index in [9.17, 15) is 0 Å². The molecule has 0 radical (unpaired) electrons. The second-order valence-corrected chi connectivity index (χ2v) is 3.85. The van der Waals surface area contributed by atoms with E-state index in [1.807, 2.05) is 12.1 Å². The van der Waals surface area contributed by atoms with Gasteiger partial charge in [-0.1, -0.05) is 17.7 Å². The number of methoxy groups -OCH3 is 2. The monoisotopic (exact) mass is 241 g/mol. The Hall–Kier alpha value is -1.22. The topological polar surface area (TPSA) is 42.3 Å². The van der Waals surface area contributed by atoms with Crippen molar-refractivity contribution in [2.45, 2.75) is 19.3 Å². The molecule has 0 aromatic heterocycles. The van der Waals surface area contributed by atoms with Gasteiger partial charge in [-0.3, -0.25) is 5.41 Å². The zero-order valence-electron chi connectivity index (χ0n) is 9.55. The zero-order chi connectivity index (χ0) is 12.0. The second kappa shape index (κ2) is 6.38. The highest BCUT2D eigenvalue weighted by Gasteiger charge is 2.03. The molecule has 1 N–H and O–H groups in total. The number of benzene rings is 1. The van der Waals surface area contributed by atoms with Crippen molar-refractivity contribution in [3.8, 4) is 5.75 Å². The molecule has 0 atom stereocenters. The van der Waals surface area contributed by atoms with Crippen molar-refractivity contribution >= 4 is 17.5 Å². The van der Waals surface area contributed by atoms with Gasteiger partial charge in [-0.25, -0.2) is 0 Å². The predicted molar refractivity (Wildman–Crippen MR) is 65.7 cm³/mol. The third kappa shape index (κ3) is 3.74. The van der Waals surface area contributed by atoms with Gasteiger partial charge in [0.15, 0.2) is 5.90 Å². The third-order valence-corrected chi connectivity index (χ3v) is 2.71. The Morgan fingerprint density at radius 3 is 2.69 bits per heavy atom. The Kier molecular flexibility index (Phi) is 5.12. The highest BCUT2D eigenvalue weighted by Crippen LogP contribution is 2.23. The fourth-order valence-electron chi connectivity index (χ4n) is 1.40. The summed E-state index contributed by atoms with van der Waals surface area (Å²) in [4.78, 5) is 0. The van der Waals surface area contributed by atoms with E-state index in [0.717, 1.165) is 24.2 Å². The van der Waals surface area contributed by atoms with Crippen LogP contribution in [0.3, 0.4) is 0 Å². The molecule has 0 aliphatic heterocycles. The molecule has 0 saturated carbocycles.